The van der Waals surface area contributed by atoms with Crippen LogP contribution in [0.2, 0.25) is 0 Å². The molecule has 1 aromatic rings. The van der Waals surface area contributed by atoms with Gasteiger partial charge in [-0.05, 0) is 50.1 Å². The second kappa shape index (κ2) is 4.47. The predicted molar refractivity (Wildman–Crippen MR) is 71.6 cm³/mol. The fourth-order valence-electron chi connectivity index (χ4n) is 3.25. The number of fused-ring (bicyclic) bond motifs is 1. The van der Waals surface area contributed by atoms with Crippen LogP contribution < -0.4 is 14.8 Å². The zero-order valence-electron chi connectivity index (χ0n) is 11.2. The largest absolute Gasteiger partial charge is 0.486 e. The molecule has 0 amide bonds. The third kappa shape index (κ3) is 1.77. The van der Waals surface area contributed by atoms with Crippen molar-refractivity contribution < 1.29 is 9.47 Å². The zero-order valence-corrected chi connectivity index (χ0v) is 11.2. The van der Waals surface area contributed by atoms with Gasteiger partial charge in [0, 0.05) is 12.0 Å². The minimum atomic E-state index is 0.314. The molecule has 1 saturated carbocycles. The van der Waals surface area contributed by atoms with Crippen LogP contribution in [0.25, 0.3) is 0 Å². The van der Waals surface area contributed by atoms with E-state index in [1.807, 2.05) is 7.05 Å². The first kappa shape index (κ1) is 11.8. The topological polar surface area (TPSA) is 30.5 Å². The van der Waals surface area contributed by atoms with Crippen LogP contribution in [0.3, 0.4) is 0 Å². The van der Waals surface area contributed by atoms with Crippen molar-refractivity contribution in [3.05, 3.63) is 23.3 Å². The summed E-state index contributed by atoms with van der Waals surface area (Å²) in [6.07, 6.45) is 3.87. The minimum absolute atomic E-state index is 0.314. The molecule has 1 aliphatic carbocycles. The van der Waals surface area contributed by atoms with Crippen molar-refractivity contribution in [2.24, 2.45) is 0 Å². The van der Waals surface area contributed by atoms with Crippen molar-refractivity contribution in [1.29, 1.82) is 0 Å². The Kier molecular flexibility index (Phi) is 2.94. The number of likely N-dealkylation sites (N-methyl/N-ethyl adjacent to an activating group) is 1. The third-order valence-corrected chi connectivity index (χ3v) is 4.29. The van der Waals surface area contributed by atoms with Gasteiger partial charge in [0.25, 0.3) is 0 Å². The zero-order chi connectivity index (χ0) is 12.6. The number of nitrogens with one attached hydrogen (secondary N) is 1. The molecule has 1 aliphatic heterocycles. The molecule has 98 valence electrons. The molecule has 3 nitrogen and oxygen atoms in total. The highest BCUT2D eigenvalue weighted by molar-refractivity contribution is 5.51. The molecule has 0 saturated heterocycles. The van der Waals surface area contributed by atoms with Crippen LogP contribution >= 0.6 is 0 Å². The summed E-state index contributed by atoms with van der Waals surface area (Å²) in [5, 5.41) is 3.34. The van der Waals surface area contributed by atoms with Gasteiger partial charge in [0.2, 0.25) is 0 Å². The molecule has 0 unspecified atom stereocenters. The van der Waals surface area contributed by atoms with Gasteiger partial charge in [-0.1, -0.05) is 6.42 Å². The van der Waals surface area contributed by atoms with E-state index in [0.717, 1.165) is 18.0 Å². The van der Waals surface area contributed by atoms with E-state index < -0.39 is 0 Å². The number of benzene rings is 1. The molecule has 0 spiro atoms. The predicted octanol–water partition coefficient (Wildman–Crippen LogP) is 2.41. The average molecular weight is 247 g/mol. The summed E-state index contributed by atoms with van der Waals surface area (Å²) in [5.41, 5.74) is 3.08. The van der Waals surface area contributed by atoms with Crippen LogP contribution in [-0.2, 0) is 5.41 Å². The molecule has 0 aromatic heterocycles. The lowest BCUT2D eigenvalue weighted by atomic mass is 9.63. The number of ether oxygens (including phenoxy) is 2. The average Bonchev–Trinajstić information content (AvgIpc) is 2.33. The molecular formula is C15H21NO2. The number of hydrogen-bond acceptors (Lipinski definition) is 3. The summed E-state index contributed by atoms with van der Waals surface area (Å²) in [6.45, 7) is 4.55. The molecule has 0 bridgehead atoms. The maximum atomic E-state index is 5.72. The fraction of sp³-hybridized carbons (Fsp3) is 0.600. The first-order valence-electron chi connectivity index (χ1n) is 6.80. The van der Waals surface area contributed by atoms with Gasteiger partial charge in [-0.15, -0.1) is 0 Å². The molecule has 1 heterocycles. The number of hydrogen-bond donors (Lipinski definition) is 1. The highest BCUT2D eigenvalue weighted by Gasteiger charge is 2.39. The lowest BCUT2D eigenvalue weighted by Crippen LogP contribution is -2.43. The van der Waals surface area contributed by atoms with E-state index >= 15 is 0 Å². The molecule has 1 N–H and O–H groups in total. The molecule has 0 atom stereocenters. The maximum Gasteiger partial charge on any atom is 0.161 e. The van der Waals surface area contributed by atoms with Gasteiger partial charge >= 0.3 is 0 Å². The van der Waals surface area contributed by atoms with Crippen LogP contribution in [0.15, 0.2) is 12.1 Å². The Morgan fingerprint density at radius 3 is 2.39 bits per heavy atom. The Labute approximate surface area is 108 Å². The molecule has 18 heavy (non-hydrogen) atoms. The van der Waals surface area contributed by atoms with Gasteiger partial charge < -0.3 is 14.8 Å². The smallest absolute Gasteiger partial charge is 0.161 e. The van der Waals surface area contributed by atoms with E-state index in [1.54, 1.807) is 0 Å². The molecule has 2 aliphatic rings. The van der Waals surface area contributed by atoms with Crippen molar-refractivity contribution in [2.75, 3.05) is 26.8 Å². The van der Waals surface area contributed by atoms with Crippen LogP contribution in [-0.4, -0.2) is 26.8 Å². The summed E-state index contributed by atoms with van der Waals surface area (Å²) in [7, 11) is 2.04. The molecule has 1 fully saturated rings. The number of rotatable bonds is 3. The molecule has 3 rings (SSSR count). The van der Waals surface area contributed by atoms with Gasteiger partial charge in [-0.25, -0.2) is 0 Å². The van der Waals surface area contributed by atoms with Gasteiger partial charge in [0.15, 0.2) is 11.5 Å². The van der Waals surface area contributed by atoms with Gasteiger partial charge in [0.05, 0.1) is 0 Å². The van der Waals surface area contributed by atoms with Crippen LogP contribution in [0, 0.1) is 6.92 Å². The van der Waals surface area contributed by atoms with Crippen molar-refractivity contribution >= 4 is 0 Å². The van der Waals surface area contributed by atoms with Crippen molar-refractivity contribution in [2.45, 2.75) is 31.6 Å². The fourth-order valence-corrected chi connectivity index (χ4v) is 3.25. The summed E-state index contributed by atoms with van der Waals surface area (Å²) in [5.74, 6) is 1.82. The molecule has 3 heteroatoms. The van der Waals surface area contributed by atoms with Crippen LogP contribution in [0.4, 0.5) is 0 Å². The minimum Gasteiger partial charge on any atom is -0.486 e. The maximum absolute atomic E-state index is 5.72. The Morgan fingerprint density at radius 1 is 1.17 bits per heavy atom. The quantitative estimate of drug-likeness (QED) is 0.889. The molecule has 0 radical (unpaired) electrons. The van der Waals surface area contributed by atoms with Gasteiger partial charge in [-0.2, -0.15) is 0 Å². The van der Waals surface area contributed by atoms with E-state index in [4.69, 9.17) is 9.47 Å². The number of aryl methyl sites for hydroxylation is 1. The van der Waals surface area contributed by atoms with E-state index in [9.17, 15) is 0 Å². The first-order valence-corrected chi connectivity index (χ1v) is 6.80. The van der Waals surface area contributed by atoms with Crippen molar-refractivity contribution in [3.63, 3.8) is 0 Å². The van der Waals surface area contributed by atoms with E-state index in [2.05, 4.69) is 24.4 Å². The first-order chi connectivity index (χ1) is 8.75. The lowest BCUT2D eigenvalue weighted by molar-refractivity contribution is 0.169. The molecule has 1 aromatic carbocycles. The van der Waals surface area contributed by atoms with Crippen LogP contribution in [0.5, 0.6) is 11.5 Å². The van der Waals surface area contributed by atoms with Crippen molar-refractivity contribution in [1.82, 2.24) is 5.32 Å². The van der Waals surface area contributed by atoms with Crippen LogP contribution in [0.1, 0.15) is 30.4 Å². The van der Waals surface area contributed by atoms with Crippen molar-refractivity contribution in [3.8, 4) is 11.5 Å². The Morgan fingerprint density at radius 2 is 1.83 bits per heavy atom. The van der Waals surface area contributed by atoms with E-state index in [0.29, 0.717) is 18.6 Å². The highest BCUT2D eigenvalue weighted by atomic mass is 16.6. The third-order valence-electron chi connectivity index (χ3n) is 4.29. The SMILES string of the molecule is CNCC1(c2cc3c(cc2C)OCCO3)CCC1. The molecular weight excluding hydrogens is 226 g/mol. The second-order valence-corrected chi connectivity index (χ2v) is 5.48. The van der Waals surface area contributed by atoms with Gasteiger partial charge in [0.1, 0.15) is 13.2 Å². The van der Waals surface area contributed by atoms with Gasteiger partial charge in [-0.3, -0.25) is 0 Å². The summed E-state index contributed by atoms with van der Waals surface area (Å²) >= 11 is 0. The van der Waals surface area contributed by atoms with E-state index in [-0.39, 0.29) is 0 Å². The summed E-state index contributed by atoms with van der Waals surface area (Å²) < 4.78 is 11.4. The Balaban J connectivity index is 2.00. The van der Waals surface area contributed by atoms with E-state index in [1.165, 1.54) is 30.4 Å². The standard InChI is InChI=1S/C15H21NO2/c1-11-8-13-14(18-7-6-17-13)9-12(11)15(10-16-2)4-3-5-15/h8-9,16H,3-7,10H2,1-2H3. The summed E-state index contributed by atoms with van der Waals surface area (Å²) in [6, 6.07) is 4.35. The Bertz CT molecular complexity index is 452. The normalized spacial score (nSPS) is 20.3. The Hall–Kier alpha value is -1.22. The highest BCUT2D eigenvalue weighted by Crippen LogP contribution is 2.47. The second-order valence-electron chi connectivity index (χ2n) is 5.48. The monoisotopic (exact) mass is 247 g/mol. The summed E-state index contributed by atoms with van der Waals surface area (Å²) in [4.78, 5) is 0. The lowest BCUT2D eigenvalue weighted by Gasteiger charge is -2.43.